The smallest absolute Gasteiger partial charge is 0.328 e. The Hall–Kier alpha value is -1.32. The largest absolute Gasteiger partial charge is 0.478 e. The summed E-state index contributed by atoms with van der Waals surface area (Å²) in [4.78, 5) is 23.7. The average Bonchev–Trinajstić information content (AvgIpc) is 2.71. The van der Waals surface area contributed by atoms with Gasteiger partial charge in [0.2, 0.25) is 5.91 Å². The van der Waals surface area contributed by atoms with Gasteiger partial charge in [0, 0.05) is 25.2 Å². The van der Waals surface area contributed by atoms with Crippen LogP contribution >= 0.6 is 0 Å². The van der Waals surface area contributed by atoms with E-state index in [9.17, 15) is 9.59 Å². The van der Waals surface area contributed by atoms with Crippen molar-refractivity contribution in [2.45, 2.75) is 33.1 Å². The Bertz CT molecular complexity index is 305. The van der Waals surface area contributed by atoms with Crippen molar-refractivity contribution in [3.05, 3.63) is 12.2 Å². The molecule has 0 aromatic carbocycles. The molecule has 1 heterocycles. The van der Waals surface area contributed by atoms with Crippen molar-refractivity contribution in [1.29, 1.82) is 0 Å². The van der Waals surface area contributed by atoms with Gasteiger partial charge in [-0.15, -0.1) is 0 Å². The second kappa shape index (κ2) is 5.14. The predicted molar refractivity (Wildman–Crippen MR) is 61.0 cm³/mol. The van der Waals surface area contributed by atoms with Crippen LogP contribution in [-0.4, -0.2) is 35.0 Å². The summed E-state index contributed by atoms with van der Waals surface area (Å²) in [7, 11) is 0. The predicted octanol–water partition coefficient (Wildman–Crippen LogP) is 1.67. The van der Waals surface area contributed by atoms with Gasteiger partial charge < -0.3 is 10.0 Å². The molecule has 1 fully saturated rings. The fourth-order valence-electron chi connectivity index (χ4n) is 2.20. The van der Waals surface area contributed by atoms with Crippen LogP contribution in [0.25, 0.3) is 0 Å². The van der Waals surface area contributed by atoms with Crippen molar-refractivity contribution in [2.24, 2.45) is 5.41 Å². The molecule has 1 saturated heterocycles. The molecule has 0 aliphatic carbocycles. The highest BCUT2D eigenvalue weighted by molar-refractivity contribution is 5.94. The summed E-state index contributed by atoms with van der Waals surface area (Å²) in [5.41, 5.74) is 0.243. The van der Waals surface area contributed by atoms with E-state index in [-0.39, 0.29) is 11.3 Å². The maximum absolute atomic E-state index is 11.6. The number of carbonyl (C=O) groups excluding carboxylic acids is 1. The molecule has 1 aliphatic heterocycles. The van der Waals surface area contributed by atoms with E-state index in [1.54, 1.807) is 4.90 Å². The highest BCUT2D eigenvalue weighted by atomic mass is 16.4. The van der Waals surface area contributed by atoms with Crippen molar-refractivity contribution < 1.29 is 14.7 Å². The van der Waals surface area contributed by atoms with Gasteiger partial charge in [-0.3, -0.25) is 4.79 Å². The summed E-state index contributed by atoms with van der Waals surface area (Å²) in [6, 6.07) is 0. The number of amides is 1. The van der Waals surface area contributed by atoms with E-state index in [0.717, 1.165) is 44.5 Å². The molecule has 90 valence electrons. The Kier molecular flexibility index (Phi) is 4.10. The maximum atomic E-state index is 11.6. The van der Waals surface area contributed by atoms with Crippen LogP contribution in [0.2, 0.25) is 0 Å². The van der Waals surface area contributed by atoms with Gasteiger partial charge in [-0.05, 0) is 24.7 Å². The van der Waals surface area contributed by atoms with Crippen LogP contribution in [-0.2, 0) is 9.59 Å². The molecular weight excluding hydrogens is 206 g/mol. The van der Waals surface area contributed by atoms with Gasteiger partial charge in [-0.2, -0.15) is 0 Å². The summed E-state index contributed by atoms with van der Waals surface area (Å²) in [5.74, 6) is -1.27. The first-order valence-electron chi connectivity index (χ1n) is 5.73. The first kappa shape index (κ1) is 12.7. The number of hydrogen-bond donors (Lipinski definition) is 1. The summed E-state index contributed by atoms with van der Waals surface area (Å²) < 4.78 is 0. The number of aliphatic carboxylic acids is 1. The minimum absolute atomic E-state index is 0.189. The number of carboxylic acid groups (broad SMARTS) is 1. The van der Waals surface area contributed by atoms with E-state index < -0.39 is 5.97 Å². The Morgan fingerprint density at radius 2 is 1.94 bits per heavy atom. The maximum Gasteiger partial charge on any atom is 0.328 e. The fourth-order valence-corrected chi connectivity index (χ4v) is 2.20. The molecule has 1 amide bonds. The summed E-state index contributed by atoms with van der Waals surface area (Å²) in [6.45, 7) is 5.78. The molecule has 0 aromatic rings. The van der Waals surface area contributed by atoms with Crippen molar-refractivity contribution in [1.82, 2.24) is 4.90 Å². The van der Waals surface area contributed by atoms with Gasteiger partial charge in [0.05, 0.1) is 0 Å². The quantitative estimate of drug-likeness (QED) is 0.740. The molecule has 0 atom stereocenters. The molecule has 0 bridgehead atoms. The fraction of sp³-hybridized carbons (Fsp3) is 0.667. The van der Waals surface area contributed by atoms with Crippen molar-refractivity contribution in [3.63, 3.8) is 0 Å². The second-order valence-corrected chi connectivity index (χ2v) is 4.39. The van der Waals surface area contributed by atoms with Crippen LogP contribution < -0.4 is 0 Å². The van der Waals surface area contributed by atoms with Crippen molar-refractivity contribution >= 4 is 11.9 Å². The second-order valence-electron chi connectivity index (χ2n) is 4.39. The highest BCUT2D eigenvalue weighted by Crippen LogP contribution is 2.36. The van der Waals surface area contributed by atoms with Crippen LogP contribution in [0.4, 0.5) is 0 Å². The molecule has 0 aromatic heterocycles. The molecule has 0 unspecified atom stereocenters. The Labute approximate surface area is 95.9 Å². The molecule has 16 heavy (non-hydrogen) atoms. The minimum atomic E-state index is -1.08. The van der Waals surface area contributed by atoms with Gasteiger partial charge in [0.1, 0.15) is 0 Å². The van der Waals surface area contributed by atoms with Gasteiger partial charge in [0.15, 0.2) is 0 Å². The number of rotatable bonds is 4. The molecule has 1 aliphatic rings. The zero-order valence-corrected chi connectivity index (χ0v) is 9.90. The first-order chi connectivity index (χ1) is 7.53. The van der Waals surface area contributed by atoms with Crippen molar-refractivity contribution in [3.8, 4) is 0 Å². The van der Waals surface area contributed by atoms with Crippen LogP contribution in [0.5, 0.6) is 0 Å². The molecule has 0 radical (unpaired) electrons. The monoisotopic (exact) mass is 225 g/mol. The van der Waals surface area contributed by atoms with Gasteiger partial charge in [-0.25, -0.2) is 4.79 Å². The molecule has 4 nitrogen and oxygen atoms in total. The SMILES string of the molecule is CCC1(CC)CCN(C(=O)C=CC(=O)O)C1. The van der Waals surface area contributed by atoms with Gasteiger partial charge >= 0.3 is 5.97 Å². The number of hydrogen-bond acceptors (Lipinski definition) is 2. The Balaban J connectivity index is 2.59. The number of likely N-dealkylation sites (tertiary alicyclic amines) is 1. The summed E-state index contributed by atoms with van der Waals surface area (Å²) in [5, 5.41) is 8.44. The number of carboxylic acids is 1. The lowest BCUT2D eigenvalue weighted by Gasteiger charge is -2.25. The summed E-state index contributed by atoms with van der Waals surface area (Å²) in [6.07, 6.45) is 5.20. The highest BCUT2D eigenvalue weighted by Gasteiger charge is 2.36. The third-order valence-corrected chi connectivity index (χ3v) is 3.62. The molecule has 1 rings (SSSR count). The van der Waals surface area contributed by atoms with E-state index in [2.05, 4.69) is 13.8 Å². The van der Waals surface area contributed by atoms with E-state index in [0.29, 0.717) is 0 Å². The van der Waals surface area contributed by atoms with Crippen LogP contribution in [0.3, 0.4) is 0 Å². The third-order valence-electron chi connectivity index (χ3n) is 3.62. The van der Waals surface area contributed by atoms with E-state index in [1.807, 2.05) is 0 Å². The third kappa shape index (κ3) is 2.84. The number of carbonyl (C=O) groups is 2. The van der Waals surface area contributed by atoms with Crippen LogP contribution in [0.15, 0.2) is 12.2 Å². The average molecular weight is 225 g/mol. The van der Waals surface area contributed by atoms with E-state index in [4.69, 9.17) is 5.11 Å². The van der Waals surface area contributed by atoms with Crippen molar-refractivity contribution in [2.75, 3.05) is 13.1 Å². The molecule has 0 saturated carbocycles. The minimum Gasteiger partial charge on any atom is -0.478 e. The Morgan fingerprint density at radius 1 is 1.31 bits per heavy atom. The normalized spacial score (nSPS) is 19.2. The molecule has 4 heteroatoms. The topological polar surface area (TPSA) is 57.6 Å². The van der Waals surface area contributed by atoms with Gasteiger partial charge in [0.25, 0.3) is 0 Å². The Morgan fingerprint density at radius 3 is 2.38 bits per heavy atom. The molecule has 1 N–H and O–H groups in total. The van der Waals surface area contributed by atoms with Crippen LogP contribution in [0.1, 0.15) is 33.1 Å². The molecule has 0 spiro atoms. The zero-order chi connectivity index (χ0) is 12.2. The van der Waals surface area contributed by atoms with Crippen LogP contribution in [0, 0.1) is 5.41 Å². The number of nitrogens with zero attached hydrogens (tertiary/aromatic N) is 1. The lowest BCUT2D eigenvalue weighted by Crippen LogP contribution is -2.30. The van der Waals surface area contributed by atoms with E-state index >= 15 is 0 Å². The summed E-state index contributed by atoms with van der Waals surface area (Å²) >= 11 is 0. The lowest BCUT2D eigenvalue weighted by molar-refractivity contribution is -0.132. The first-order valence-corrected chi connectivity index (χ1v) is 5.73. The lowest BCUT2D eigenvalue weighted by atomic mass is 9.82. The van der Waals surface area contributed by atoms with Gasteiger partial charge in [-0.1, -0.05) is 13.8 Å². The molecular formula is C12H19NO3. The standard InChI is InChI=1S/C12H19NO3/c1-3-12(4-2)7-8-13(9-12)10(14)5-6-11(15)16/h5-6H,3-4,7-9H2,1-2H3,(H,15,16). The van der Waals surface area contributed by atoms with E-state index in [1.165, 1.54) is 0 Å². The zero-order valence-electron chi connectivity index (χ0n) is 9.90.